The molecule has 0 spiro atoms. The van der Waals surface area contributed by atoms with Crippen LogP contribution in [-0.4, -0.2) is 64.6 Å². The Kier molecular flexibility index (Phi) is 10.5. The third-order valence-corrected chi connectivity index (χ3v) is 6.41. The second kappa shape index (κ2) is 13.1. The monoisotopic (exact) mass is 490 g/mol. The van der Waals surface area contributed by atoms with Gasteiger partial charge >= 0.3 is 5.97 Å². The molecule has 0 radical (unpaired) electrons. The molecule has 1 aromatic rings. The van der Waals surface area contributed by atoms with Crippen molar-refractivity contribution in [3.05, 3.63) is 29.8 Å². The van der Waals surface area contributed by atoms with Crippen molar-refractivity contribution < 1.29 is 29.4 Å². The van der Waals surface area contributed by atoms with Crippen LogP contribution in [0, 0.1) is 11.8 Å². The Hall–Kier alpha value is -3.14. The number of carboxylic acids is 1. The van der Waals surface area contributed by atoms with E-state index in [9.17, 15) is 29.4 Å². The van der Waals surface area contributed by atoms with Crippen molar-refractivity contribution in [3.8, 4) is 5.75 Å². The highest BCUT2D eigenvalue weighted by Crippen LogP contribution is 2.14. The first-order valence-corrected chi connectivity index (χ1v) is 12.2. The van der Waals surface area contributed by atoms with Crippen molar-refractivity contribution in [1.29, 1.82) is 0 Å². The summed E-state index contributed by atoms with van der Waals surface area (Å²) in [5, 5.41) is 30.3. The first-order valence-electron chi connectivity index (χ1n) is 12.2. The molecule has 1 saturated heterocycles. The number of benzene rings is 1. The molecule has 0 saturated carbocycles. The molecule has 2 rings (SSSR count). The molecule has 0 aliphatic carbocycles. The number of aromatic hydroxyl groups is 1. The smallest absolute Gasteiger partial charge is 0.326 e. The molecule has 0 aromatic heterocycles. The summed E-state index contributed by atoms with van der Waals surface area (Å²) in [4.78, 5) is 50.7. The number of hydrogen-bond donors (Lipinski definition) is 6. The number of carbonyl (C=O) groups is 4. The summed E-state index contributed by atoms with van der Waals surface area (Å²) in [7, 11) is 0. The molecule has 35 heavy (non-hydrogen) atoms. The Morgan fingerprint density at radius 2 is 1.63 bits per heavy atom. The van der Waals surface area contributed by atoms with E-state index in [-0.39, 0.29) is 36.0 Å². The third-order valence-electron chi connectivity index (χ3n) is 6.41. The van der Waals surface area contributed by atoms with Gasteiger partial charge in [-0.25, -0.2) is 4.79 Å². The number of phenols is 1. The van der Waals surface area contributed by atoms with Gasteiger partial charge in [-0.15, -0.1) is 0 Å². The summed E-state index contributed by atoms with van der Waals surface area (Å²) in [6.45, 7) is 8.02. The van der Waals surface area contributed by atoms with Crippen molar-refractivity contribution >= 4 is 23.7 Å². The van der Waals surface area contributed by atoms with E-state index < -0.39 is 35.9 Å². The van der Waals surface area contributed by atoms with Gasteiger partial charge in [0.25, 0.3) is 0 Å². The minimum atomic E-state index is -1.22. The average molecular weight is 491 g/mol. The van der Waals surface area contributed by atoms with Crippen molar-refractivity contribution in [1.82, 2.24) is 21.3 Å². The highest BCUT2D eigenvalue weighted by atomic mass is 16.4. The van der Waals surface area contributed by atoms with Gasteiger partial charge in [0.2, 0.25) is 17.7 Å². The molecule has 1 aliphatic heterocycles. The maximum Gasteiger partial charge on any atom is 0.326 e. The molecule has 1 aromatic carbocycles. The number of aliphatic carboxylic acids is 1. The van der Waals surface area contributed by atoms with E-state index >= 15 is 0 Å². The zero-order valence-electron chi connectivity index (χ0n) is 20.8. The van der Waals surface area contributed by atoms with Crippen molar-refractivity contribution in [2.24, 2.45) is 11.8 Å². The van der Waals surface area contributed by atoms with Crippen LogP contribution in [0.2, 0.25) is 0 Å². The number of carbonyl (C=O) groups excluding carboxylic acids is 3. The lowest BCUT2D eigenvalue weighted by Crippen LogP contribution is -2.59. The molecule has 6 N–H and O–H groups in total. The van der Waals surface area contributed by atoms with Crippen molar-refractivity contribution in [2.75, 3.05) is 6.54 Å². The number of amides is 3. The van der Waals surface area contributed by atoms with Gasteiger partial charge in [-0.1, -0.05) is 46.2 Å². The van der Waals surface area contributed by atoms with Crippen LogP contribution in [0.4, 0.5) is 0 Å². The van der Waals surface area contributed by atoms with E-state index in [1.807, 2.05) is 13.8 Å². The summed E-state index contributed by atoms with van der Waals surface area (Å²) >= 11 is 0. The van der Waals surface area contributed by atoms with Gasteiger partial charge < -0.3 is 31.5 Å². The van der Waals surface area contributed by atoms with Crippen LogP contribution in [0.5, 0.6) is 5.75 Å². The maximum absolute atomic E-state index is 13.2. The van der Waals surface area contributed by atoms with Crippen molar-refractivity contribution in [2.45, 2.75) is 77.5 Å². The van der Waals surface area contributed by atoms with E-state index in [0.29, 0.717) is 18.4 Å². The topological polar surface area (TPSA) is 157 Å². The van der Waals surface area contributed by atoms with E-state index in [0.717, 1.165) is 13.0 Å². The van der Waals surface area contributed by atoms with Gasteiger partial charge in [-0.2, -0.15) is 0 Å². The molecule has 1 aliphatic rings. The van der Waals surface area contributed by atoms with Crippen LogP contribution < -0.4 is 21.3 Å². The first-order chi connectivity index (χ1) is 16.5. The Morgan fingerprint density at radius 3 is 2.14 bits per heavy atom. The fourth-order valence-corrected chi connectivity index (χ4v) is 3.97. The molecule has 0 bridgehead atoms. The zero-order chi connectivity index (χ0) is 26.1. The predicted molar refractivity (Wildman–Crippen MR) is 131 cm³/mol. The fraction of sp³-hybridized carbons (Fsp3) is 0.600. The number of nitrogens with one attached hydrogen (secondary N) is 4. The zero-order valence-corrected chi connectivity index (χ0v) is 20.8. The molecule has 10 nitrogen and oxygen atoms in total. The molecule has 10 heteroatoms. The summed E-state index contributed by atoms with van der Waals surface area (Å²) < 4.78 is 0. The lowest BCUT2D eigenvalue weighted by Gasteiger charge is -2.29. The molecule has 3 amide bonds. The summed E-state index contributed by atoms with van der Waals surface area (Å²) in [5.74, 6) is -3.00. The first kappa shape index (κ1) is 28.1. The van der Waals surface area contributed by atoms with Crippen LogP contribution in [-0.2, 0) is 25.6 Å². The van der Waals surface area contributed by atoms with Gasteiger partial charge in [0.15, 0.2) is 0 Å². The Balaban J connectivity index is 2.10. The average Bonchev–Trinajstić information content (AvgIpc) is 3.36. The molecule has 1 heterocycles. The molecule has 5 unspecified atom stereocenters. The van der Waals surface area contributed by atoms with E-state index in [1.165, 1.54) is 12.1 Å². The highest BCUT2D eigenvalue weighted by molar-refractivity contribution is 5.94. The predicted octanol–water partition coefficient (Wildman–Crippen LogP) is 0.928. The minimum absolute atomic E-state index is 0.0139. The van der Waals surface area contributed by atoms with Crippen LogP contribution in [0.1, 0.15) is 52.5 Å². The van der Waals surface area contributed by atoms with E-state index in [4.69, 9.17) is 0 Å². The number of rotatable bonds is 12. The van der Waals surface area contributed by atoms with Gasteiger partial charge in [-0.05, 0) is 48.9 Å². The van der Waals surface area contributed by atoms with Crippen LogP contribution >= 0.6 is 0 Å². The number of carboxylic acid groups (broad SMARTS) is 1. The largest absolute Gasteiger partial charge is 0.508 e. The normalized spacial score (nSPS) is 18.8. The second-order valence-electron chi connectivity index (χ2n) is 9.52. The SMILES string of the molecule is CCC(C)C(NC(=O)C1CCCN1)C(=O)NC(C(=O)NC(Cc1ccc(O)cc1)C(=O)O)C(C)C. The van der Waals surface area contributed by atoms with E-state index in [1.54, 1.807) is 26.0 Å². The molecule has 5 atom stereocenters. The maximum atomic E-state index is 13.2. The molecular weight excluding hydrogens is 452 g/mol. The minimum Gasteiger partial charge on any atom is -0.508 e. The summed E-state index contributed by atoms with van der Waals surface area (Å²) in [5.41, 5.74) is 0.626. The third kappa shape index (κ3) is 8.24. The van der Waals surface area contributed by atoms with Crippen molar-refractivity contribution in [3.63, 3.8) is 0 Å². The fourth-order valence-electron chi connectivity index (χ4n) is 3.97. The standard InChI is InChI=1S/C25H38N4O6/c1-5-15(4)21(29-22(31)18-7-6-12-26-18)24(33)28-20(14(2)3)23(32)27-19(25(34)35)13-16-8-10-17(30)11-9-16/h8-11,14-15,18-21,26,30H,5-7,12-13H2,1-4H3,(H,27,32)(H,28,33)(H,29,31)(H,34,35). The highest BCUT2D eigenvalue weighted by Gasteiger charge is 2.34. The van der Waals surface area contributed by atoms with Crippen LogP contribution in [0.15, 0.2) is 24.3 Å². The number of hydrogen-bond acceptors (Lipinski definition) is 6. The Labute approximate surface area is 206 Å². The lowest BCUT2D eigenvalue weighted by atomic mass is 9.96. The van der Waals surface area contributed by atoms with Gasteiger partial charge in [-0.3, -0.25) is 14.4 Å². The quantitative estimate of drug-likeness (QED) is 0.254. The summed E-state index contributed by atoms with van der Waals surface area (Å²) in [6, 6.07) is 2.68. The second-order valence-corrected chi connectivity index (χ2v) is 9.52. The lowest BCUT2D eigenvalue weighted by molar-refractivity contribution is -0.142. The van der Waals surface area contributed by atoms with Gasteiger partial charge in [0, 0.05) is 6.42 Å². The molecule has 1 fully saturated rings. The molecular formula is C25H38N4O6. The Bertz CT molecular complexity index is 882. The molecule has 194 valence electrons. The van der Waals surface area contributed by atoms with Gasteiger partial charge in [0.1, 0.15) is 23.9 Å². The van der Waals surface area contributed by atoms with Gasteiger partial charge in [0.05, 0.1) is 6.04 Å². The van der Waals surface area contributed by atoms with E-state index in [2.05, 4.69) is 21.3 Å². The van der Waals surface area contributed by atoms with Crippen LogP contribution in [0.3, 0.4) is 0 Å². The summed E-state index contributed by atoms with van der Waals surface area (Å²) in [6.07, 6.45) is 2.25. The number of phenolic OH excluding ortho intramolecular Hbond substituents is 1. The van der Waals surface area contributed by atoms with Crippen LogP contribution in [0.25, 0.3) is 0 Å². The Morgan fingerprint density at radius 1 is 1.00 bits per heavy atom.